The summed E-state index contributed by atoms with van der Waals surface area (Å²) in [5, 5.41) is 5.59. The van der Waals surface area contributed by atoms with Crippen LogP contribution in [-0.2, 0) is 11.3 Å². The number of benzene rings is 1. The van der Waals surface area contributed by atoms with Crippen molar-refractivity contribution >= 4 is 43.9 Å². The lowest BCUT2D eigenvalue weighted by molar-refractivity contribution is -0.116. The number of nitrogens with zero attached hydrogens (tertiary/aromatic N) is 3. The second kappa shape index (κ2) is 7.53. The first kappa shape index (κ1) is 18.3. The Kier molecular flexibility index (Phi) is 4.93. The lowest BCUT2D eigenvalue weighted by Crippen LogP contribution is -2.27. The number of anilines is 1. The number of hydrogen-bond donors (Lipinski definition) is 1. The summed E-state index contributed by atoms with van der Waals surface area (Å²) in [4.78, 5) is 35.2. The van der Waals surface area contributed by atoms with E-state index in [0.717, 1.165) is 21.9 Å². The molecule has 0 bridgehead atoms. The van der Waals surface area contributed by atoms with Crippen LogP contribution in [0.4, 0.5) is 5.13 Å². The van der Waals surface area contributed by atoms with Crippen LogP contribution in [0.15, 0.2) is 46.8 Å². The number of rotatable bonds is 5. The third-order valence-electron chi connectivity index (χ3n) is 4.17. The maximum Gasteiger partial charge on any atom is 0.262 e. The van der Waals surface area contributed by atoms with Crippen LogP contribution in [0.5, 0.6) is 5.75 Å². The molecule has 0 aliphatic rings. The lowest BCUT2D eigenvalue weighted by atomic mass is 10.1. The molecule has 0 aliphatic carbocycles. The van der Waals surface area contributed by atoms with Crippen molar-refractivity contribution in [2.75, 3.05) is 12.4 Å². The highest BCUT2D eigenvalue weighted by atomic mass is 32.1. The number of hydrogen-bond acceptors (Lipinski definition) is 7. The van der Waals surface area contributed by atoms with Crippen molar-refractivity contribution in [1.29, 1.82) is 0 Å². The van der Waals surface area contributed by atoms with Crippen molar-refractivity contribution in [2.24, 2.45) is 0 Å². The Morgan fingerprint density at radius 1 is 1.25 bits per heavy atom. The summed E-state index contributed by atoms with van der Waals surface area (Å²) in [7, 11) is 1.62. The number of carbonyl (C=O) groups excluding carboxylic acids is 1. The molecule has 4 aromatic rings. The molecule has 3 heterocycles. The molecule has 28 heavy (non-hydrogen) atoms. The summed E-state index contributed by atoms with van der Waals surface area (Å²) in [5.41, 5.74) is 1.52. The highest BCUT2D eigenvalue weighted by Crippen LogP contribution is 2.31. The quantitative estimate of drug-likeness (QED) is 0.542. The maximum absolute atomic E-state index is 12.4. The third kappa shape index (κ3) is 3.54. The molecule has 0 radical (unpaired) electrons. The number of thiophene rings is 1. The van der Waals surface area contributed by atoms with Gasteiger partial charge in [-0.1, -0.05) is 0 Å². The summed E-state index contributed by atoms with van der Waals surface area (Å²) in [5.74, 6) is 0.445. The molecule has 142 valence electrons. The van der Waals surface area contributed by atoms with Gasteiger partial charge >= 0.3 is 0 Å². The first-order valence-electron chi connectivity index (χ1n) is 8.39. The van der Waals surface area contributed by atoms with Crippen LogP contribution in [0.3, 0.4) is 0 Å². The predicted molar refractivity (Wildman–Crippen MR) is 111 cm³/mol. The van der Waals surface area contributed by atoms with Crippen molar-refractivity contribution in [2.45, 2.75) is 13.5 Å². The number of fused-ring (bicyclic) bond motifs is 1. The highest BCUT2D eigenvalue weighted by Gasteiger charge is 2.14. The Morgan fingerprint density at radius 2 is 2.04 bits per heavy atom. The summed E-state index contributed by atoms with van der Waals surface area (Å²) in [6.45, 7) is 1.83. The van der Waals surface area contributed by atoms with Gasteiger partial charge in [0.05, 0.1) is 24.5 Å². The average Bonchev–Trinajstić information content (AvgIpc) is 3.31. The molecule has 0 aliphatic heterocycles. The van der Waals surface area contributed by atoms with Crippen LogP contribution in [0.2, 0.25) is 0 Å². The third-order valence-corrected chi connectivity index (χ3v) is 5.88. The van der Waals surface area contributed by atoms with Crippen molar-refractivity contribution in [1.82, 2.24) is 14.5 Å². The predicted octanol–water partition coefficient (Wildman–Crippen LogP) is 3.54. The number of thiazole rings is 1. The van der Waals surface area contributed by atoms with E-state index in [-0.39, 0.29) is 18.0 Å². The zero-order valence-electron chi connectivity index (χ0n) is 15.1. The van der Waals surface area contributed by atoms with Crippen LogP contribution < -0.4 is 15.6 Å². The number of amides is 1. The molecule has 9 heteroatoms. The fourth-order valence-electron chi connectivity index (χ4n) is 2.79. The Bertz CT molecular complexity index is 1210. The molecule has 4 rings (SSSR count). The van der Waals surface area contributed by atoms with Gasteiger partial charge in [0.15, 0.2) is 5.13 Å². The van der Waals surface area contributed by atoms with E-state index in [2.05, 4.69) is 15.3 Å². The van der Waals surface area contributed by atoms with E-state index >= 15 is 0 Å². The minimum Gasteiger partial charge on any atom is -0.497 e. The number of methoxy groups -OCH3 is 1. The largest absolute Gasteiger partial charge is 0.497 e. The minimum absolute atomic E-state index is 0.117. The molecule has 0 fully saturated rings. The second-order valence-electron chi connectivity index (χ2n) is 6.02. The normalized spacial score (nSPS) is 10.9. The topological polar surface area (TPSA) is 86.1 Å². The fourth-order valence-corrected chi connectivity index (χ4v) is 4.36. The zero-order chi connectivity index (χ0) is 19.7. The first-order valence-corrected chi connectivity index (χ1v) is 10.1. The van der Waals surface area contributed by atoms with Crippen LogP contribution in [0, 0.1) is 6.92 Å². The van der Waals surface area contributed by atoms with Crippen LogP contribution >= 0.6 is 22.7 Å². The number of aryl methyl sites for hydroxylation is 1. The maximum atomic E-state index is 12.4. The molecule has 3 aromatic heterocycles. The molecule has 0 atom stereocenters. The van der Waals surface area contributed by atoms with Gasteiger partial charge in [-0.15, -0.1) is 22.7 Å². The van der Waals surface area contributed by atoms with Crippen LogP contribution in [-0.4, -0.2) is 27.6 Å². The smallest absolute Gasteiger partial charge is 0.262 e. The van der Waals surface area contributed by atoms with Gasteiger partial charge in [0.2, 0.25) is 5.91 Å². The minimum atomic E-state index is -0.325. The molecular weight excluding hydrogens is 396 g/mol. The number of carbonyl (C=O) groups is 1. The molecule has 0 spiro atoms. The molecular formula is C19H16N4O3S2. The molecule has 0 unspecified atom stereocenters. The van der Waals surface area contributed by atoms with E-state index in [0.29, 0.717) is 15.3 Å². The fraction of sp³-hybridized carbons (Fsp3) is 0.158. The van der Waals surface area contributed by atoms with E-state index in [1.54, 1.807) is 13.2 Å². The molecule has 7 nitrogen and oxygen atoms in total. The van der Waals surface area contributed by atoms with E-state index < -0.39 is 0 Å². The lowest BCUT2D eigenvalue weighted by Gasteiger charge is -2.05. The van der Waals surface area contributed by atoms with Gasteiger partial charge < -0.3 is 10.1 Å². The monoisotopic (exact) mass is 412 g/mol. The molecule has 0 saturated carbocycles. The molecule has 0 saturated heterocycles. The highest BCUT2D eigenvalue weighted by molar-refractivity contribution is 7.16. The summed E-state index contributed by atoms with van der Waals surface area (Å²) >= 11 is 2.79. The number of nitrogens with one attached hydrogen (secondary N) is 1. The Balaban J connectivity index is 1.51. The Hall–Kier alpha value is -3.04. The molecule has 1 N–H and O–H groups in total. The number of ether oxygens (including phenoxy) is 1. The summed E-state index contributed by atoms with van der Waals surface area (Å²) in [6, 6.07) is 9.30. The van der Waals surface area contributed by atoms with E-state index in [4.69, 9.17) is 4.74 Å². The Labute approximate surface area is 168 Å². The zero-order valence-corrected chi connectivity index (χ0v) is 16.8. The Morgan fingerprint density at radius 3 is 2.79 bits per heavy atom. The van der Waals surface area contributed by atoms with Gasteiger partial charge in [0.1, 0.15) is 17.1 Å². The van der Waals surface area contributed by atoms with Crippen molar-refractivity contribution in [3.63, 3.8) is 0 Å². The van der Waals surface area contributed by atoms with Crippen molar-refractivity contribution in [3.05, 3.63) is 57.3 Å². The van der Waals surface area contributed by atoms with Gasteiger partial charge in [-0.05, 0) is 42.6 Å². The van der Waals surface area contributed by atoms with E-state index in [1.165, 1.54) is 33.6 Å². The van der Waals surface area contributed by atoms with Gasteiger partial charge in [-0.3, -0.25) is 14.2 Å². The van der Waals surface area contributed by atoms with Crippen molar-refractivity contribution in [3.8, 4) is 17.0 Å². The first-order chi connectivity index (χ1) is 13.5. The SMILES string of the molecule is COc1ccc(-c2nc(NC(=O)Cn3cnc4sccc4c3=O)sc2C)cc1. The van der Waals surface area contributed by atoms with Gasteiger partial charge in [-0.25, -0.2) is 9.97 Å². The molecule has 1 aromatic carbocycles. The van der Waals surface area contributed by atoms with E-state index in [9.17, 15) is 9.59 Å². The van der Waals surface area contributed by atoms with Gasteiger partial charge in [0.25, 0.3) is 5.56 Å². The summed E-state index contributed by atoms with van der Waals surface area (Å²) < 4.78 is 6.47. The van der Waals surface area contributed by atoms with E-state index in [1.807, 2.05) is 36.6 Å². The second-order valence-corrected chi connectivity index (χ2v) is 8.12. The standard InChI is InChI=1S/C19H16N4O3S2/c1-11-16(12-3-5-13(26-2)6-4-12)22-19(28-11)21-15(24)9-23-10-20-17-14(18(23)25)7-8-27-17/h3-8,10H,9H2,1-2H3,(H,21,22,24). The number of aromatic nitrogens is 3. The van der Waals surface area contributed by atoms with Gasteiger partial charge in [0, 0.05) is 10.4 Å². The van der Waals surface area contributed by atoms with Gasteiger partial charge in [-0.2, -0.15) is 0 Å². The van der Waals surface area contributed by atoms with Crippen LogP contribution in [0.25, 0.3) is 21.5 Å². The summed E-state index contributed by atoms with van der Waals surface area (Å²) in [6.07, 6.45) is 1.40. The van der Waals surface area contributed by atoms with Crippen LogP contribution in [0.1, 0.15) is 4.88 Å². The average molecular weight is 412 g/mol. The van der Waals surface area contributed by atoms with Crippen molar-refractivity contribution < 1.29 is 9.53 Å². The molecule has 1 amide bonds.